The second-order valence-corrected chi connectivity index (χ2v) is 9.07. The molecule has 11 heteroatoms. The lowest BCUT2D eigenvalue weighted by atomic mass is 10.1. The smallest absolute Gasteiger partial charge is 0.252 e. The Labute approximate surface area is 192 Å². The standard InChI is InChI=1S/C20H29N5O4S2/c1-13(2)15(12-26)21-20(29)14-10-16(23-18(27)4-8-30)22-17(11-14)24-19(28)5-9-31-25-6-3-7-25/h10-13,15,30H,3-9H2,1-2H3,(H,21,29)(H2,22,23,24,27,28). The van der Waals surface area contributed by atoms with E-state index < -0.39 is 11.9 Å². The van der Waals surface area contributed by atoms with Gasteiger partial charge >= 0.3 is 0 Å². The van der Waals surface area contributed by atoms with Crippen LogP contribution in [0.1, 0.15) is 43.5 Å². The summed E-state index contributed by atoms with van der Waals surface area (Å²) >= 11 is 5.66. The fraction of sp³-hybridized carbons (Fsp3) is 0.550. The van der Waals surface area contributed by atoms with E-state index in [-0.39, 0.29) is 41.4 Å². The molecule has 1 unspecified atom stereocenters. The molecule has 0 aromatic carbocycles. The molecule has 0 aliphatic carbocycles. The molecular weight excluding hydrogens is 438 g/mol. The number of anilines is 2. The molecule has 1 atom stereocenters. The topological polar surface area (TPSA) is 121 Å². The fourth-order valence-corrected chi connectivity index (χ4v) is 3.83. The van der Waals surface area contributed by atoms with Gasteiger partial charge in [-0.3, -0.25) is 18.7 Å². The molecule has 1 aliphatic rings. The molecule has 0 saturated carbocycles. The summed E-state index contributed by atoms with van der Waals surface area (Å²) in [6.07, 6.45) is 2.33. The molecular formula is C20H29N5O4S2. The highest BCUT2D eigenvalue weighted by Crippen LogP contribution is 2.20. The largest absolute Gasteiger partial charge is 0.342 e. The van der Waals surface area contributed by atoms with Crippen LogP contribution >= 0.6 is 24.6 Å². The molecule has 170 valence electrons. The molecule has 1 fully saturated rings. The predicted octanol–water partition coefficient (Wildman–Crippen LogP) is 1.98. The molecule has 0 bridgehead atoms. The van der Waals surface area contributed by atoms with Crippen LogP contribution in [0.5, 0.6) is 0 Å². The molecule has 1 aliphatic heterocycles. The van der Waals surface area contributed by atoms with Gasteiger partial charge in [-0.15, -0.1) is 0 Å². The van der Waals surface area contributed by atoms with Crippen LogP contribution in [0.4, 0.5) is 11.6 Å². The van der Waals surface area contributed by atoms with E-state index >= 15 is 0 Å². The Hall–Kier alpha value is -2.11. The van der Waals surface area contributed by atoms with Crippen molar-refractivity contribution in [2.75, 3.05) is 35.2 Å². The quantitative estimate of drug-likeness (QED) is 0.211. The maximum absolute atomic E-state index is 12.7. The number of carbonyl (C=O) groups excluding carboxylic acids is 4. The van der Waals surface area contributed by atoms with Gasteiger partial charge in [-0.1, -0.05) is 25.8 Å². The number of nitrogens with one attached hydrogen (secondary N) is 3. The summed E-state index contributed by atoms with van der Waals surface area (Å²) in [4.78, 5) is 52.4. The summed E-state index contributed by atoms with van der Waals surface area (Å²) in [7, 11) is 0. The summed E-state index contributed by atoms with van der Waals surface area (Å²) in [5.41, 5.74) is 0.175. The van der Waals surface area contributed by atoms with E-state index in [2.05, 4.69) is 37.9 Å². The molecule has 31 heavy (non-hydrogen) atoms. The summed E-state index contributed by atoms with van der Waals surface area (Å²) in [6, 6.07) is 2.18. The number of hydrogen-bond donors (Lipinski definition) is 4. The minimum Gasteiger partial charge on any atom is -0.342 e. The Bertz CT molecular complexity index is 802. The maximum Gasteiger partial charge on any atom is 0.252 e. The molecule has 2 rings (SSSR count). The fourth-order valence-electron chi connectivity index (χ4n) is 2.58. The second kappa shape index (κ2) is 12.7. The number of pyridine rings is 1. The van der Waals surface area contributed by atoms with Crippen molar-refractivity contribution in [3.63, 3.8) is 0 Å². The zero-order chi connectivity index (χ0) is 22.8. The van der Waals surface area contributed by atoms with E-state index in [1.807, 2.05) is 13.8 Å². The summed E-state index contributed by atoms with van der Waals surface area (Å²) in [5.74, 6) is 0.168. The van der Waals surface area contributed by atoms with Gasteiger partial charge in [-0.2, -0.15) is 12.6 Å². The monoisotopic (exact) mass is 467 g/mol. The van der Waals surface area contributed by atoms with Crippen LogP contribution in [0.15, 0.2) is 12.1 Å². The van der Waals surface area contributed by atoms with Crippen LogP contribution in [0, 0.1) is 5.92 Å². The summed E-state index contributed by atoms with van der Waals surface area (Å²) in [5, 5.41) is 7.94. The third-order valence-corrected chi connectivity index (χ3v) is 5.88. The van der Waals surface area contributed by atoms with Crippen molar-refractivity contribution in [1.29, 1.82) is 0 Å². The highest BCUT2D eigenvalue weighted by atomic mass is 32.2. The Kier molecular flexibility index (Phi) is 10.3. The van der Waals surface area contributed by atoms with Crippen LogP contribution in [0.2, 0.25) is 0 Å². The van der Waals surface area contributed by atoms with Crippen LogP contribution < -0.4 is 16.0 Å². The number of thiol groups is 1. The first-order valence-corrected chi connectivity index (χ1v) is 11.8. The molecule has 3 amide bonds. The van der Waals surface area contributed by atoms with Gasteiger partial charge < -0.3 is 20.7 Å². The van der Waals surface area contributed by atoms with Gasteiger partial charge in [0.1, 0.15) is 17.9 Å². The van der Waals surface area contributed by atoms with Crippen LogP contribution in [-0.4, -0.2) is 63.9 Å². The molecule has 0 spiro atoms. The van der Waals surface area contributed by atoms with Gasteiger partial charge in [0, 0.05) is 37.2 Å². The summed E-state index contributed by atoms with van der Waals surface area (Å²) < 4.78 is 2.20. The van der Waals surface area contributed by atoms with Gasteiger partial charge in [0.15, 0.2) is 0 Å². The molecule has 1 aromatic heterocycles. The first-order valence-electron chi connectivity index (χ1n) is 10.2. The van der Waals surface area contributed by atoms with Gasteiger partial charge in [-0.25, -0.2) is 4.98 Å². The van der Waals surface area contributed by atoms with Crippen LogP contribution in [-0.2, 0) is 14.4 Å². The summed E-state index contributed by atoms with van der Waals surface area (Å²) in [6.45, 7) is 5.72. The lowest BCUT2D eigenvalue weighted by molar-refractivity contribution is -0.116. The molecule has 9 nitrogen and oxygen atoms in total. The second-order valence-electron chi connectivity index (χ2n) is 7.44. The third-order valence-electron chi connectivity index (χ3n) is 4.54. The van der Waals surface area contributed by atoms with Crippen molar-refractivity contribution in [2.45, 2.75) is 39.2 Å². The van der Waals surface area contributed by atoms with E-state index in [0.717, 1.165) is 13.1 Å². The lowest BCUT2D eigenvalue weighted by Crippen LogP contribution is -2.39. The van der Waals surface area contributed by atoms with Crippen molar-refractivity contribution < 1.29 is 19.2 Å². The predicted molar refractivity (Wildman–Crippen MR) is 125 cm³/mol. The Morgan fingerprint density at radius 2 is 1.77 bits per heavy atom. The average Bonchev–Trinajstić information content (AvgIpc) is 2.67. The van der Waals surface area contributed by atoms with E-state index in [4.69, 9.17) is 0 Å². The Morgan fingerprint density at radius 1 is 1.16 bits per heavy atom. The maximum atomic E-state index is 12.7. The van der Waals surface area contributed by atoms with E-state index in [1.54, 1.807) is 11.9 Å². The minimum absolute atomic E-state index is 0.0825. The molecule has 1 saturated heterocycles. The highest BCUT2D eigenvalue weighted by Gasteiger charge is 2.19. The number of hydrogen-bond acceptors (Lipinski definition) is 8. The lowest BCUT2D eigenvalue weighted by Gasteiger charge is -2.28. The normalized spacial score (nSPS) is 14.5. The first kappa shape index (κ1) is 25.2. The number of nitrogens with zero attached hydrogens (tertiary/aromatic N) is 2. The number of carbonyl (C=O) groups is 4. The van der Waals surface area contributed by atoms with Crippen LogP contribution in [0.3, 0.4) is 0 Å². The van der Waals surface area contributed by atoms with Crippen molar-refractivity contribution in [1.82, 2.24) is 14.6 Å². The first-order chi connectivity index (χ1) is 14.8. The van der Waals surface area contributed by atoms with E-state index in [1.165, 1.54) is 18.6 Å². The third kappa shape index (κ3) is 8.50. The van der Waals surface area contributed by atoms with Crippen LogP contribution in [0.25, 0.3) is 0 Å². The zero-order valence-electron chi connectivity index (χ0n) is 17.7. The molecule has 3 N–H and O–H groups in total. The number of aldehydes is 1. The van der Waals surface area contributed by atoms with Gasteiger partial charge in [0.25, 0.3) is 5.91 Å². The molecule has 1 aromatic rings. The number of amides is 3. The molecule has 0 radical (unpaired) electrons. The van der Waals surface area contributed by atoms with Crippen molar-refractivity contribution >= 4 is 60.2 Å². The SMILES string of the molecule is CC(C)C(C=O)NC(=O)c1cc(NC(=O)CCS)nc(NC(=O)CCSN2CCC2)c1. The number of aromatic nitrogens is 1. The average molecular weight is 468 g/mol. The Balaban J connectivity index is 2.11. The van der Waals surface area contributed by atoms with E-state index in [9.17, 15) is 19.2 Å². The van der Waals surface area contributed by atoms with Crippen molar-refractivity contribution in [2.24, 2.45) is 5.92 Å². The van der Waals surface area contributed by atoms with Gasteiger partial charge in [0.2, 0.25) is 11.8 Å². The Morgan fingerprint density at radius 3 is 2.26 bits per heavy atom. The molecule has 2 heterocycles. The minimum atomic E-state index is -0.653. The van der Waals surface area contributed by atoms with Gasteiger partial charge in [0.05, 0.1) is 6.04 Å². The van der Waals surface area contributed by atoms with Gasteiger partial charge in [-0.05, 0) is 30.2 Å². The highest BCUT2D eigenvalue weighted by molar-refractivity contribution is 7.97. The van der Waals surface area contributed by atoms with Crippen molar-refractivity contribution in [3.8, 4) is 0 Å². The van der Waals surface area contributed by atoms with E-state index in [0.29, 0.717) is 24.2 Å². The van der Waals surface area contributed by atoms with Crippen molar-refractivity contribution in [3.05, 3.63) is 17.7 Å². The number of rotatable bonds is 12. The zero-order valence-corrected chi connectivity index (χ0v) is 19.4.